The van der Waals surface area contributed by atoms with Crippen LogP contribution in [0.15, 0.2) is 18.2 Å². The van der Waals surface area contributed by atoms with Gasteiger partial charge in [0.1, 0.15) is 0 Å². The molecule has 1 rings (SSSR count). The van der Waals surface area contributed by atoms with E-state index in [4.69, 9.17) is 11.6 Å². The van der Waals surface area contributed by atoms with Crippen LogP contribution in [0.1, 0.15) is 25.8 Å². The highest BCUT2D eigenvalue weighted by atomic mass is 35.5. The summed E-state index contributed by atoms with van der Waals surface area (Å²) in [5.41, 5.74) is 2.36. The fourth-order valence-corrected chi connectivity index (χ4v) is 2.41. The Morgan fingerprint density at radius 3 is 2.43 bits per heavy atom. The predicted molar refractivity (Wildman–Crippen MR) is 94.4 cm³/mol. The molecule has 0 amide bonds. The van der Waals surface area contributed by atoms with Crippen LogP contribution in [0.3, 0.4) is 0 Å². The minimum atomic E-state index is 0.658. The molecule has 120 valence electrons. The number of hydrogen-bond donors (Lipinski definition) is 1. The lowest BCUT2D eigenvalue weighted by atomic mass is 10.1. The lowest BCUT2D eigenvalue weighted by Gasteiger charge is -2.21. The van der Waals surface area contributed by atoms with Crippen LogP contribution in [0, 0.1) is 5.92 Å². The zero-order valence-corrected chi connectivity index (χ0v) is 14.9. The summed E-state index contributed by atoms with van der Waals surface area (Å²) in [7, 11) is 6.34. The highest BCUT2D eigenvalue weighted by molar-refractivity contribution is 6.31. The summed E-state index contributed by atoms with van der Waals surface area (Å²) in [5, 5.41) is 4.28. The van der Waals surface area contributed by atoms with E-state index in [9.17, 15) is 0 Å². The number of nitrogens with zero attached hydrogens (tertiary/aromatic N) is 2. The Labute approximate surface area is 135 Å². The van der Waals surface area contributed by atoms with Crippen molar-refractivity contribution in [2.45, 2.75) is 26.8 Å². The second-order valence-electron chi connectivity index (χ2n) is 6.38. The zero-order valence-electron chi connectivity index (χ0n) is 14.1. The van der Waals surface area contributed by atoms with Gasteiger partial charge < -0.3 is 15.1 Å². The van der Waals surface area contributed by atoms with Crippen LogP contribution >= 0.6 is 11.6 Å². The molecule has 0 aromatic heterocycles. The van der Waals surface area contributed by atoms with Gasteiger partial charge in [0.2, 0.25) is 0 Å². The molecule has 1 aromatic carbocycles. The van der Waals surface area contributed by atoms with Crippen LogP contribution in [-0.4, -0.2) is 45.7 Å². The topological polar surface area (TPSA) is 18.5 Å². The molecule has 0 unspecified atom stereocenters. The smallest absolute Gasteiger partial charge is 0.0471 e. The minimum absolute atomic E-state index is 0.658. The summed E-state index contributed by atoms with van der Waals surface area (Å²) < 4.78 is 0. The third kappa shape index (κ3) is 7.16. The Morgan fingerprint density at radius 2 is 1.86 bits per heavy atom. The highest BCUT2D eigenvalue weighted by Crippen LogP contribution is 2.23. The Hall–Kier alpha value is -0.770. The summed E-state index contributed by atoms with van der Waals surface area (Å²) in [5.74, 6) is 0.658. The monoisotopic (exact) mass is 311 g/mol. The SMILES string of the molecule is CC(C)CNCc1ccc(N(C)CCCN(C)C)cc1Cl. The van der Waals surface area contributed by atoms with Gasteiger partial charge in [-0.05, 0) is 57.2 Å². The predicted octanol–water partition coefficient (Wildman–Crippen LogP) is 3.47. The van der Waals surface area contributed by atoms with Crippen molar-refractivity contribution in [3.05, 3.63) is 28.8 Å². The van der Waals surface area contributed by atoms with Gasteiger partial charge in [0.25, 0.3) is 0 Å². The molecule has 0 atom stereocenters. The van der Waals surface area contributed by atoms with Gasteiger partial charge in [-0.3, -0.25) is 0 Å². The summed E-state index contributed by atoms with van der Waals surface area (Å²) in [6, 6.07) is 6.37. The Bertz CT molecular complexity index is 418. The van der Waals surface area contributed by atoms with E-state index in [1.807, 2.05) is 0 Å². The Morgan fingerprint density at radius 1 is 1.14 bits per heavy atom. The molecule has 0 saturated carbocycles. The number of halogens is 1. The maximum Gasteiger partial charge on any atom is 0.0471 e. The Kier molecular flexibility index (Phi) is 8.09. The molecule has 4 heteroatoms. The van der Waals surface area contributed by atoms with E-state index in [-0.39, 0.29) is 0 Å². The second kappa shape index (κ2) is 9.29. The van der Waals surface area contributed by atoms with Crippen LogP contribution in [-0.2, 0) is 6.54 Å². The van der Waals surface area contributed by atoms with E-state index >= 15 is 0 Å². The van der Waals surface area contributed by atoms with E-state index in [1.54, 1.807) is 0 Å². The summed E-state index contributed by atoms with van der Waals surface area (Å²) in [6.07, 6.45) is 1.15. The molecular formula is C17H30ClN3. The summed E-state index contributed by atoms with van der Waals surface area (Å²) in [4.78, 5) is 4.48. The number of hydrogen-bond acceptors (Lipinski definition) is 3. The summed E-state index contributed by atoms with van der Waals surface area (Å²) >= 11 is 6.40. The molecule has 1 aromatic rings. The number of rotatable bonds is 9. The van der Waals surface area contributed by atoms with Gasteiger partial charge in [-0.15, -0.1) is 0 Å². The van der Waals surface area contributed by atoms with Crippen LogP contribution < -0.4 is 10.2 Å². The van der Waals surface area contributed by atoms with Crippen molar-refractivity contribution in [2.24, 2.45) is 5.92 Å². The van der Waals surface area contributed by atoms with Crippen molar-refractivity contribution < 1.29 is 0 Å². The van der Waals surface area contributed by atoms with Crippen molar-refractivity contribution in [2.75, 3.05) is 45.7 Å². The van der Waals surface area contributed by atoms with Gasteiger partial charge in [-0.25, -0.2) is 0 Å². The first-order chi connectivity index (χ1) is 9.90. The molecule has 0 radical (unpaired) electrons. The van der Waals surface area contributed by atoms with Crippen LogP contribution in [0.25, 0.3) is 0 Å². The van der Waals surface area contributed by atoms with Gasteiger partial charge in [-0.1, -0.05) is 31.5 Å². The van der Waals surface area contributed by atoms with Gasteiger partial charge in [0, 0.05) is 30.8 Å². The first-order valence-electron chi connectivity index (χ1n) is 7.75. The highest BCUT2D eigenvalue weighted by Gasteiger charge is 2.06. The number of nitrogens with one attached hydrogen (secondary N) is 1. The molecule has 21 heavy (non-hydrogen) atoms. The molecule has 0 spiro atoms. The van der Waals surface area contributed by atoms with Crippen LogP contribution in [0.2, 0.25) is 5.02 Å². The molecule has 0 aliphatic carbocycles. The van der Waals surface area contributed by atoms with E-state index in [0.29, 0.717) is 5.92 Å². The maximum atomic E-state index is 6.40. The fourth-order valence-electron chi connectivity index (χ4n) is 2.17. The lowest BCUT2D eigenvalue weighted by Crippen LogP contribution is -2.23. The third-order valence-electron chi connectivity index (χ3n) is 3.44. The molecule has 0 heterocycles. The molecule has 1 N–H and O–H groups in total. The van der Waals surface area contributed by atoms with Crippen molar-refractivity contribution in [3.8, 4) is 0 Å². The average Bonchev–Trinajstić information content (AvgIpc) is 2.39. The molecule has 0 aliphatic rings. The first kappa shape index (κ1) is 18.3. The standard InChI is InChI=1S/C17H30ClN3/c1-14(2)12-19-13-15-7-8-16(11-17(15)18)21(5)10-6-9-20(3)4/h7-8,11,14,19H,6,9-10,12-13H2,1-5H3. The normalized spacial score (nSPS) is 11.4. The van der Waals surface area contributed by atoms with Crippen molar-refractivity contribution in [1.82, 2.24) is 10.2 Å². The van der Waals surface area contributed by atoms with E-state index in [1.165, 1.54) is 11.3 Å². The van der Waals surface area contributed by atoms with Crippen LogP contribution in [0.5, 0.6) is 0 Å². The molecular weight excluding hydrogens is 282 g/mol. The van der Waals surface area contributed by atoms with Crippen molar-refractivity contribution in [1.29, 1.82) is 0 Å². The van der Waals surface area contributed by atoms with E-state index < -0.39 is 0 Å². The molecule has 3 nitrogen and oxygen atoms in total. The first-order valence-corrected chi connectivity index (χ1v) is 8.13. The van der Waals surface area contributed by atoms with Gasteiger partial charge in [-0.2, -0.15) is 0 Å². The number of benzene rings is 1. The zero-order chi connectivity index (χ0) is 15.8. The van der Waals surface area contributed by atoms with E-state index in [0.717, 1.165) is 37.6 Å². The lowest BCUT2D eigenvalue weighted by molar-refractivity contribution is 0.401. The fraction of sp³-hybridized carbons (Fsp3) is 0.647. The van der Waals surface area contributed by atoms with Crippen molar-refractivity contribution in [3.63, 3.8) is 0 Å². The Balaban J connectivity index is 2.52. The molecule has 0 bridgehead atoms. The molecule has 0 saturated heterocycles. The quantitative estimate of drug-likeness (QED) is 0.753. The largest absolute Gasteiger partial charge is 0.375 e. The van der Waals surface area contributed by atoms with Gasteiger partial charge >= 0.3 is 0 Å². The average molecular weight is 312 g/mol. The molecule has 0 aliphatic heterocycles. The van der Waals surface area contributed by atoms with Crippen LogP contribution in [0.4, 0.5) is 5.69 Å². The third-order valence-corrected chi connectivity index (χ3v) is 3.80. The summed E-state index contributed by atoms with van der Waals surface area (Å²) in [6.45, 7) is 8.42. The number of anilines is 1. The maximum absolute atomic E-state index is 6.40. The second-order valence-corrected chi connectivity index (χ2v) is 6.79. The minimum Gasteiger partial charge on any atom is -0.375 e. The molecule has 0 fully saturated rings. The van der Waals surface area contributed by atoms with E-state index in [2.05, 4.69) is 68.3 Å². The van der Waals surface area contributed by atoms with Crippen molar-refractivity contribution >= 4 is 17.3 Å². The van der Waals surface area contributed by atoms with Gasteiger partial charge in [0.15, 0.2) is 0 Å². The van der Waals surface area contributed by atoms with Gasteiger partial charge in [0.05, 0.1) is 0 Å².